The van der Waals surface area contributed by atoms with Crippen LogP contribution in [-0.2, 0) is 10.2 Å². The Morgan fingerprint density at radius 3 is 2.22 bits per heavy atom. The third-order valence-corrected chi connectivity index (χ3v) is 10.1. The summed E-state index contributed by atoms with van der Waals surface area (Å²) in [6, 6.07) is 23.2. The predicted molar refractivity (Wildman–Crippen MR) is 214 cm³/mol. The number of hydrogen-bond acceptors (Lipinski definition) is 7. The first-order valence-electron chi connectivity index (χ1n) is 17.3. The molecule has 5 aromatic rings. The minimum Gasteiger partial charge on any atom is -0.490 e. The van der Waals surface area contributed by atoms with Crippen molar-refractivity contribution in [3.63, 3.8) is 0 Å². The van der Waals surface area contributed by atoms with Gasteiger partial charge < -0.3 is 19.5 Å². The Hall–Kier alpha value is -4.61. The summed E-state index contributed by atoms with van der Waals surface area (Å²) in [6.45, 7) is 6.77. The monoisotopic (exact) mass is 810 g/mol. The molecule has 1 aliphatic rings. The molecule has 4 aromatic carbocycles. The minimum absolute atomic E-state index is 0.00397. The molecule has 1 aliphatic carbocycles. The van der Waals surface area contributed by atoms with Crippen LogP contribution in [0, 0.1) is 0 Å². The molecule has 10 nitrogen and oxygen atoms in total. The van der Waals surface area contributed by atoms with Gasteiger partial charge in [0.2, 0.25) is 0 Å². The van der Waals surface area contributed by atoms with E-state index in [4.69, 9.17) is 60.6 Å². The number of carbonyl (C=O) groups is 2. The van der Waals surface area contributed by atoms with Gasteiger partial charge in [-0.2, -0.15) is 4.68 Å². The lowest BCUT2D eigenvalue weighted by atomic mass is 9.84. The van der Waals surface area contributed by atoms with E-state index in [-0.39, 0.29) is 61.7 Å². The van der Waals surface area contributed by atoms with Crippen molar-refractivity contribution in [1.82, 2.24) is 9.36 Å². The van der Waals surface area contributed by atoms with Gasteiger partial charge >= 0.3 is 12.2 Å². The van der Waals surface area contributed by atoms with Crippen molar-refractivity contribution in [2.45, 2.75) is 57.8 Å². The van der Waals surface area contributed by atoms with Crippen LogP contribution in [0.5, 0.6) is 11.5 Å². The van der Waals surface area contributed by atoms with Gasteiger partial charge in [0, 0.05) is 16.8 Å². The Balaban J connectivity index is 1.17. The van der Waals surface area contributed by atoms with Crippen molar-refractivity contribution in [3.8, 4) is 17.2 Å². The molecule has 0 unspecified atom stereocenters. The summed E-state index contributed by atoms with van der Waals surface area (Å²) in [5, 5.41) is 6.13. The summed E-state index contributed by atoms with van der Waals surface area (Å²) in [5.41, 5.74) is 2.36. The number of nitrogens with zero attached hydrogens (tertiary/aromatic N) is 2. The van der Waals surface area contributed by atoms with E-state index in [1.165, 1.54) is 48.2 Å². The maximum atomic E-state index is 13.7. The van der Waals surface area contributed by atoms with Gasteiger partial charge in [-0.1, -0.05) is 110 Å². The van der Waals surface area contributed by atoms with Gasteiger partial charge in [0.1, 0.15) is 36.2 Å². The van der Waals surface area contributed by atoms with Crippen molar-refractivity contribution in [2.75, 3.05) is 23.8 Å². The first kappa shape index (κ1) is 39.1. The third kappa shape index (κ3) is 9.18. The summed E-state index contributed by atoms with van der Waals surface area (Å²) in [7, 11) is 0. The van der Waals surface area contributed by atoms with Gasteiger partial charge in [-0.25, -0.2) is 14.3 Å². The van der Waals surface area contributed by atoms with Crippen molar-refractivity contribution in [1.29, 1.82) is 0 Å². The highest BCUT2D eigenvalue weighted by molar-refractivity contribution is 6.40. The molecule has 0 spiro atoms. The first-order valence-corrected chi connectivity index (χ1v) is 18.8. The molecule has 54 heavy (non-hydrogen) atoms. The molecular weight excluding hydrogens is 774 g/mol. The lowest BCUT2D eigenvalue weighted by molar-refractivity contribution is 0.137. The van der Waals surface area contributed by atoms with Crippen molar-refractivity contribution in [2.24, 2.45) is 0 Å². The number of amides is 1. The molecule has 0 bridgehead atoms. The molecular formula is C40H38Cl4N4O6. The Morgan fingerprint density at radius 1 is 0.833 bits per heavy atom. The largest absolute Gasteiger partial charge is 0.490 e. The Morgan fingerprint density at radius 2 is 1.54 bits per heavy atom. The van der Waals surface area contributed by atoms with E-state index in [2.05, 4.69) is 43.5 Å². The van der Waals surface area contributed by atoms with Crippen molar-refractivity contribution < 1.29 is 23.8 Å². The van der Waals surface area contributed by atoms with Crippen LogP contribution >= 0.6 is 46.4 Å². The van der Waals surface area contributed by atoms with Crippen LogP contribution in [0.15, 0.2) is 89.7 Å². The number of hydrogen-bond donors (Lipinski definition) is 2. The lowest BCUT2D eigenvalue weighted by Crippen LogP contribution is -2.29. The quantitative estimate of drug-likeness (QED) is 0.135. The van der Waals surface area contributed by atoms with Crippen LogP contribution in [0.4, 0.5) is 26.8 Å². The fraction of sp³-hybridized carbons (Fsp3) is 0.275. The zero-order chi connectivity index (χ0) is 38.6. The van der Waals surface area contributed by atoms with Gasteiger partial charge in [-0.15, -0.1) is 0 Å². The maximum absolute atomic E-state index is 13.7. The predicted octanol–water partition coefficient (Wildman–Crippen LogP) is 11.6. The second kappa shape index (κ2) is 16.8. The topological polar surface area (TPSA) is 113 Å². The zero-order valence-electron chi connectivity index (χ0n) is 29.8. The second-order valence-electron chi connectivity index (χ2n) is 13.8. The smallest absolute Gasteiger partial charge is 0.440 e. The third-order valence-electron chi connectivity index (χ3n) is 8.93. The van der Waals surface area contributed by atoms with Crippen molar-refractivity contribution in [3.05, 3.63) is 127 Å². The van der Waals surface area contributed by atoms with Gasteiger partial charge in [-0.05, 0) is 83.8 Å². The Labute approximate surface area is 332 Å². The van der Waals surface area contributed by atoms with E-state index in [9.17, 15) is 14.4 Å². The highest BCUT2D eigenvalue weighted by Gasteiger charge is 2.26. The number of rotatable bonds is 10. The number of ether oxygens (including phenoxy) is 3. The van der Waals surface area contributed by atoms with Crippen LogP contribution in [0.25, 0.3) is 5.69 Å². The van der Waals surface area contributed by atoms with Crippen LogP contribution in [0.2, 0.25) is 20.1 Å². The molecule has 1 heterocycles. The van der Waals surface area contributed by atoms with E-state index in [0.717, 1.165) is 34.0 Å². The molecule has 282 valence electrons. The SMILES string of the molecule is CC(C)(C)c1ccc(OCCOC(=O)Nc2ccc(Cl)c(Nc3cc(=O)n(-c4c(Cl)cc(Cl)cc4Cl)n3C(=O)Oc3ccccc3)c2)c(C2CCCC2)c1. The molecule has 0 saturated heterocycles. The number of anilines is 3. The average molecular weight is 813 g/mol. The molecule has 2 N–H and O–H groups in total. The van der Waals surface area contributed by atoms with E-state index >= 15 is 0 Å². The molecule has 1 fully saturated rings. The van der Waals surface area contributed by atoms with Crippen LogP contribution in [0.3, 0.4) is 0 Å². The fourth-order valence-corrected chi connectivity index (χ4v) is 7.42. The number of benzene rings is 4. The first-order chi connectivity index (χ1) is 25.8. The second-order valence-corrected chi connectivity index (χ2v) is 15.5. The maximum Gasteiger partial charge on any atom is 0.440 e. The van der Waals surface area contributed by atoms with Gasteiger partial charge in [-0.3, -0.25) is 10.1 Å². The van der Waals surface area contributed by atoms with Gasteiger partial charge in [0.25, 0.3) is 5.56 Å². The molecule has 14 heteroatoms. The highest BCUT2D eigenvalue weighted by atomic mass is 35.5. The van der Waals surface area contributed by atoms with E-state index in [1.54, 1.807) is 36.4 Å². The number of nitrogens with one attached hydrogen (secondary N) is 2. The van der Waals surface area contributed by atoms with Gasteiger partial charge in [0.15, 0.2) is 0 Å². The van der Waals surface area contributed by atoms with Crippen LogP contribution < -0.4 is 25.7 Å². The molecule has 6 rings (SSSR count). The summed E-state index contributed by atoms with van der Waals surface area (Å²) >= 11 is 25.6. The Bertz CT molecular complexity index is 2200. The van der Waals surface area contributed by atoms with Gasteiger partial charge in [0.05, 0.1) is 20.8 Å². The molecule has 0 atom stereocenters. The standard InChI is InChI=1S/C40H38Cl4N4O6/c1-40(2,3)25-13-16-34(29(19-25)24-9-7-8-10-24)52-17-18-53-38(50)45-27-14-15-30(42)33(22-27)46-35-23-36(49)48(37-31(43)20-26(41)21-32(37)44)47(35)39(51)54-28-11-5-4-6-12-28/h4-6,11-16,19-24,46H,7-10,17-18H2,1-3H3,(H,45,50). The molecule has 1 saturated carbocycles. The van der Waals surface area contributed by atoms with Crippen molar-refractivity contribution >= 4 is 75.8 Å². The molecule has 0 radical (unpaired) electrons. The van der Waals surface area contributed by atoms with E-state index < -0.39 is 17.7 Å². The lowest BCUT2D eigenvalue weighted by Gasteiger charge is -2.23. The number of carbonyl (C=O) groups excluding carboxylic acids is 2. The number of para-hydroxylation sites is 1. The van der Waals surface area contributed by atoms with Crippen LogP contribution in [-0.4, -0.2) is 34.8 Å². The van der Waals surface area contributed by atoms with E-state index in [1.807, 2.05) is 6.07 Å². The molecule has 0 aliphatic heterocycles. The van der Waals surface area contributed by atoms with Crippen LogP contribution in [0.1, 0.15) is 63.5 Å². The summed E-state index contributed by atoms with van der Waals surface area (Å²) in [4.78, 5) is 40.0. The number of aromatic nitrogens is 2. The average Bonchev–Trinajstić information content (AvgIpc) is 3.76. The minimum atomic E-state index is -0.968. The fourth-order valence-electron chi connectivity index (χ4n) is 6.27. The summed E-state index contributed by atoms with van der Waals surface area (Å²) in [5.74, 6) is 1.44. The molecule has 1 amide bonds. The summed E-state index contributed by atoms with van der Waals surface area (Å²) < 4.78 is 19.0. The van der Waals surface area contributed by atoms with E-state index in [0.29, 0.717) is 11.6 Å². The molecule has 1 aromatic heterocycles. The zero-order valence-corrected chi connectivity index (χ0v) is 32.8. The number of halogens is 4. The Kier molecular flexibility index (Phi) is 12.2. The summed E-state index contributed by atoms with van der Waals surface area (Å²) in [6.07, 6.45) is 2.99. The highest BCUT2D eigenvalue weighted by Crippen LogP contribution is 2.41. The normalized spacial score (nSPS) is 13.1.